The third-order valence-electron chi connectivity index (χ3n) is 5.88. The molecule has 1 aromatic heterocycles. The van der Waals surface area contributed by atoms with Crippen molar-refractivity contribution >= 4 is 33.9 Å². The highest BCUT2D eigenvalue weighted by Gasteiger charge is 2.09. The summed E-state index contributed by atoms with van der Waals surface area (Å²) in [4.78, 5) is 12.4. The molecule has 0 atom stereocenters. The minimum Gasteiger partial charge on any atom is -0.494 e. The third kappa shape index (κ3) is 5.25. The molecule has 1 heterocycles. The van der Waals surface area contributed by atoms with Gasteiger partial charge in [0.2, 0.25) is 0 Å². The fourth-order valence-electron chi connectivity index (χ4n) is 4.14. The molecule has 0 spiro atoms. The number of hydrazone groups is 1. The highest BCUT2D eigenvalue weighted by molar-refractivity contribution is 6.09. The van der Waals surface area contributed by atoms with Crippen molar-refractivity contribution in [3.05, 3.63) is 77.9 Å². The monoisotopic (exact) mass is 441 g/mol. The largest absolute Gasteiger partial charge is 0.494 e. The summed E-state index contributed by atoms with van der Waals surface area (Å²) in [6.07, 6.45) is 6.37. The molecule has 4 aromatic rings. The van der Waals surface area contributed by atoms with Gasteiger partial charge in [-0.15, -0.1) is 0 Å². The molecule has 0 bridgehead atoms. The molecule has 5 nitrogen and oxygen atoms in total. The van der Waals surface area contributed by atoms with Crippen molar-refractivity contribution in [1.29, 1.82) is 0 Å². The van der Waals surface area contributed by atoms with E-state index in [9.17, 15) is 4.79 Å². The lowest BCUT2D eigenvalue weighted by Gasteiger charge is -2.06. The number of aryl methyl sites for hydroxylation is 1. The van der Waals surface area contributed by atoms with E-state index in [1.54, 1.807) is 18.3 Å². The summed E-state index contributed by atoms with van der Waals surface area (Å²) in [6.45, 7) is 5.97. The van der Waals surface area contributed by atoms with Crippen molar-refractivity contribution in [3.8, 4) is 5.75 Å². The van der Waals surface area contributed by atoms with Crippen LogP contribution >= 0.6 is 0 Å². The molecule has 0 aliphatic rings. The lowest BCUT2D eigenvalue weighted by atomic mass is 10.1. The molecule has 0 unspecified atom stereocenters. The van der Waals surface area contributed by atoms with Gasteiger partial charge in [0.15, 0.2) is 0 Å². The van der Waals surface area contributed by atoms with E-state index in [4.69, 9.17) is 4.74 Å². The van der Waals surface area contributed by atoms with Crippen LogP contribution in [0.1, 0.15) is 55.5 Å². The van der Waals surface area contributed by atoms with Gasteiger partial charge in [-0.3, -0.25) is 4.79 Å². The fourth-order valence-corrected chi connectivity index (χ4v) is 4.14. The molecule has 5 heteroatoms. The van der Waals surface area contributed by atoms with Gasteiger partial charge in [0.05, 0.1) is 12.8 Å². The number of fused-ring (bicyclic) bond motifs is 3. The minimum absolute atomic E-state index is 0.246. The Morgan fingerprint density at radius 2 is 1.73 bits per heavy atom. The van der Waals surface area contributed by atoms with Gasteiger partial charge in [-0.25, -0.2) is 5.43 Å². The van der Waals surface area contributed by atoms with Crippen molar-refractivity contribution in [2.45, 2.75) is 46.1 Å². The molecule has 1 amide bonds. The number of rotatable bonds is 10. The highest BCUT2D eigenvalue weighted by Crippen LogP contribution is 2.29. The fraction of sp³-hybridized carbons (Fsp3) is 0.286. The molecule has 3 aromatic carbocycles. The van der Waals surface area contributed by atoms with Gasteiger partial charge in [-0.2, -0.15) is 5.10 Å². The Morgan fingerprint density at radius 1 is 0.939 bits per heavy atom. The standard InChI is InChI=1S/C28H31N3O2/c1-3-5-6-9-18-33-23-15-13-22(14-16-23)28(32)30-29-20-21-12-17-27-25(19-21)24-10-7-8-11-26(24)31(27)4-2/h7-8,10-17,19-20H,3-6,9,18H2,1-2H3,(H,30,32)/b29-20+. The van der Waals surface area contributed by atoms with Gasteiger partial charge in [-0.05, 0) is 61.4 Å². The lowest BCUT2D eigenvalue weighted by molar-refractivity contribution is 0.0955. The van der Waals surface area contributed by atoms with E-state index in [1.807, 2.05) is 18.2 Å². The van der Waals surface area contributed by atoms with Gasteiger partial charge in [0.1, 0.15) is 5.75 Å². The van der Waals surface area contributed by atoms with Gasteiger partial charge in [-0.1, -0.05) is 50.5 Å². The van der Waals surface area contributed by atoms with Gasteiger partial charge in [0.25, 0.3) is 5.91 Å². The average molecular weight is 442 g/mol. The Balaban J connectivity index is 1.38. The Kier molecular flexibility index (Phi) is 7.40. The zero-order valence-corrected chi connectivity index (χ0v) is 19.4. The molecular weight excluding hydrogens is 410 g/mol. The number of unbranched alkanes of at least 4 members (excludes halogenated alkanes) is 3. The van der Waals surface area contributed by atoms with E-state index in [2.05, 4.69) is 65.3 Å². The van der Waals surface area contributed by atoms with E-state index in [-0.39, 0.29) is 5.91 Å². The molecule has 0 aliphatic carbocycles. The summed E-state index contributed by atoms with van der Waals surface area (Å²) in [7, 11) is 0. The first-order chi connectivity index (χ1) is 16.2. The van der Waals surface area contributed by atoms with Gasteiger partial charge >= 0.3 is 0 Å². The maximum Gasteiger partial charge on any atom is 0.271 e. The normalized spacial score (nSPS) is 11.5. The molecule has 33 heavy (non-hydrogen) atoms. The predicted octanol–water partition coefficient (Wildman–Crippen LogP) is 6.54. The first-order valence-electron chi connectivity index (χ1n) is 11.8. The van der Waals surface area contributed by atoms with Crippen LogP contribution in [-0.2, 0) is 6.54 Å². The van der Waals surface area contributed by atoms with Crippen LogP contribution < -0.4 is 10.2 Å². The average Bonchev–Trinajstić information content (AvgIpc) is 3.17. The molecule has 0 radical (unpaired) electrons. The number of aromatic nitrogens is 1. The van der Waals surface area contributed by atoms with Gasteiger partial charge < -0.3 is 9.30 Å². The topological polar surface area (TPSA) is 55.6 Å². The van der Waals surface area contributed by atoms with Crippen molar-refractivity contribution in [1.82, 2.24) is 9.99 Å². The number of carbonyl (C=O) groups is 1. The first kappa shape index (κ1) is 22.6. The van der Waals surface area contributed by atoms with E-state index in [0.717, 1.165) is 24.3 Å². The van der Waals surface area contributed by atoms with Crippen molar-refractivity contribution in [3.63, 3.8) is 0 Å². The van der Waals surface area contributed by atoms with E-state index < -0.39 is 0 Å². The number of nitrogens with zero attached hydrogens (tertiary/aromatic N) is 2. The Bertz CT molecular complexity index is 1260. The van der Waals surface area contributed by atoms with Crippen LogP contribution in [0.4, 0.5) is 0 Å². The van der Waals surface area contributed by atoms with Crippen LogP contribution in [0.2, 0.25) is 0 Å². The Hall–Kier alpha value is -3.60. The number of benzene rings is 3. The summed E-state index contributed by atoms with van der Waals surface area (Å²) < 4.78 is 8.05. The second kappa shape index (κ2) is 10.8. The molecule has 170 valence electrons. The van der Waals surface area contributed by atoms with Crippen LogP contribution in [0.15, 0.2) is 71.8 Å². The molecule has 0 fully saturated rings. The van der Waals surface area contributed by atoms with Gasteiger partial charge in [0, 0.05) is 33.9 Å². The summed E-state index contributed by atoms with van der Waals surface area (Å²) in [5.41, 5.74) is 6.53. The number of para-hydroxylation sites is 1. The number of hydrogen-bond acceptors (Lipinski definition) is 3. The summed E-state index contributed by atoms with van der Waals surface area (Å²) in [6, 6.07) is 21.9. The maximum atomic E-state index is 12.4. The number of ether oxygens (including phenoxy) is 1. The highest BCUT2D eigenvalue weighted by atomic mass is 16.5. The number of amides is 1. The van der Waals surface area contributed by atoms with Crippen LogP contribution in [0.3, 0.4) is 0 Å². The van der Waals surface area contributed by atoms with E-state index in [1.165, 1.54) is 41.1 Å². The summed E-state index contributed by atoms with van der Waals surface area (Å²) in [5.74, 6) is 0.538. The number of hydrogen-bond donors (Lipinski definition) is 1. The Labute approximate surface area is 195 Å². The maximum absolute atomic E-state index is 12.4. The second-order valence-electron chi connectivity index (χ2n) is 8.17. The number of carbonyl (C=O) groups excluding carboxylic acids is 1. The molecule has 0 saturated heterocycles. The number of nitrogens with one attached hydrogen (secondary N) is 1. The minimum atomic E-state index is -0.246. The van der Waals surface area contributed by atoms with Crippen molar-refractivity contribution in [2.75, 3.05) is 6.61 Å². The van der Waals surface area contributed by atoms with E-state index in [0.29, 0.717) is 12.2 Å². The molecule has 0 aliphatic heterocycles. The summed E-state index contributed by atoms with van der Waals surface area (Å²) in [5, 5.41) is 6.58. The lowest BCUT2D eigenvalue weighted by Crippen LogP contribution is -2.17. The van der Waals surface area contributed by atoms with E-state index >= 15 is 0 Å². The third-order valence-corrected chi connectivity index (χ3v) is 5.88. The zero-order chi connectivity index (χ0) is 23.0. The summed E-state index contributed by atoms with van der Waals surface area (Å²) >= 11 is 0. The first-order valence-corrected chi connectivity index (χ1v) is 11.8. The smallest absolute Gasteiger partial charge is 0.271 e. The quantitative estimate of drug-likeness (QED) is 0.173. The van der Waals surface area contributed by atoms with Crippen LogP contribution in [0.25, 0.3) is 21.8 Å². The SMILES string of the molecule is CCCCCCOc1ccc(C(=O)N/N=C/c2ccc3c(c2)c2ccccc2n3CC)cc1. The predicted molar refractivity (Wildman–Crippen MR) is 136 cm³/mol. The van der Waals surface area contributed by atoms with Crippen molar-refractivity contribution < 1.29 is 9.53 Å². The molecule has 0 saturated carbocycles. The zero-order valence-electron chi connectivity index (χ0n) is 19.4. The van der Waals surface area contributed by atoms with Crippen LogP contribution in [-0.4, -0.2) is 23.3 Å². The molecule has 4 rings (SSSR count). The second-order valence-corrected chi connectivity index (χ2v) is 8.17. The molecular formula is C28H31N3O2. The Morgan fingerprint density at radius 3 is 2.52 bits per heavy atom. The van der Waals surface area contributed by atoms with Crippen molar-refractivity contribution in [2.24, 2.45) is 5.10 Å². The van der Waals surface area contributed by atoms with Crippen LogP contribution in [0, 0.1) is 0 Å². The molecule has 1 N–H and O–H groups in total. The van der Waals surface area contributed by atoms with Crippen LogP contribution in [0.5, 0.6) is 5.75 Å².